The molecule has 0 aromatic heterocycles. The Balaban J connectivity index is 1.68. The first-order valence-electron chi connectivity index (χ1n) is 9.35. The Hall–Kier alpha value is -2.54. The van der Waals surface area contributed by atoms with Crippen LogP contribution in [-0.2, 0) is 27.8 Å². The number of nitrogens with zero attached hydrogens (tertiary/aromatic N) is 2. The van der Waals surface area contributed by atoms with E-state index in [0.29, 0.717) is 30.9 Å². The molecule has 1 aliphatic heterocycles. The Labute approximate surface area is 166 Å². The molecule has 0 spiro atoms. The van der Waals surface area contributed by atoms with E-state index >= 15 is 0 Å². The second-order valence-electron chi connectivity index (χ2n) is 7.02. The van der Waals surface area contributed by atoms with Crippen molar-refractivity contribution in [2.24, 2.45) is 0 Å². The van der Waals surface area contributed by atoms with Crippen LogP contribution in [0.5, 0.6) is 5.75 Å². The molecule has 2 aromatic carbocycles. The van der Waals surface area contributed by atoms with Crippen molar-refractivity contribution in [3.63, 3.8) is 0 Å². The molecule has 1 aliphatic rings. The number of hydrogen-bond acceptors (Lipinski definition) is 4. The maximum atomic E-state index is 13.0. The van der Waals surface area contributed by atoms with Crippen LogP contribution in [0, 0.1) is 0 Å². The SMILES string of the molecule is CC[C@@H](Oc1ccc(N(C)S(C)(=O)=O)cc1)C(=O)N1CCc2ccccc2C1. The molecule has 2 aromatic rings. The molecule has 0 aliphatic carbocycles. The van der Waals surface area contributed by atoms with Crippen molar-refractivity contribution < 1.29 is 17.9 Å². The largest absolute Gasteiger partial charge is 0.481 e. The lowest BCUT2D eigenvalue weighted by Crippen LogP contribution is -2.44. The van der Waals surface area contributed by atoms with E-state index < -0.39 is 16.1 Å². The second-order valence-corrected chi connectivity index (χ2v) is 9.03. The molecule has 7 heteroatoms. The average molecular weight is 403 g/mol. The molecule has 0 unspecified atom stereocenters. The summed E-state index contributed by atoms with van der Waals surface area (Å²) in [7, 11) is -1.82. The number of anilines is 1. The number of fused-ring (bicyclic) bond motifs is 1. The van der Waals surface area contributed by atoms with Crippen molar-refractivity contribution in [1.82, 2.24) is 4.90 Å². The Kier molecular flexibility index (Phi) is 5.93. The molecule has 150 valence electrons. The molecule has 1 amide bonds. The lowest BCUT2D eigenvalue weighted by molar-refractivity contribution is -0.139. The third-order valence-corrected chi connectivity index (χ3v) is 6.27. The van der Waals surface area contributed by atoms with E-state index in [1.165, 1.54) is 22.5 Å². The smallest absolute Gasteiger partial charge is 0.263 e. The number of sulfonamides is 1. The molecular formula is C21H26N2O4S. The van der Waals surface area contributed by atoms with E-state index in [9.17, 15) is 13.2 Å². The zero-order valence-corrected chi connectivity index (χ0v) is 17.3. The zero-order valence-electron chi connectivity index (χ0n) is 16.5. The molecule has 0 N–H and O–H groups in total. The van der Waals surface area contributed by atoms with Crippen LogP contribution < -0.4 is 9.04 Å². The fourth-order valence-electron chi connectivity index (χ4n) is 3.29. The summed E-state index contributed by atoms with van der Waals surface area (Å²) in [5.74, 6) is 0.526. The van der Waals surface area contributed by atoms with E-state index in [0.717, 1.165) is 12.7 Å². The van der Waals surface area contributed by atoms with Gasteiger partial charge in [-0.2, -0.15) is 0 Å². The van der Waals surface area contributed by atoms with E-state index in [1.54, 1.807) is 24.3 Å². The summed E-state index contributed by atoms with van der Waals surface area (Å²) in [4.78, 5) is 14.8. The number of hydrogen-bond donors (Lipinski definition) is 0. The lowest BCUT2D eigenvalue weighted by Gasteiger charge is -2.31. The highest BCUT2D eigenvalue weighted by Gasteiger charge is 2.27. The van der Waals surface area contributed by atoms with Crippen LogP contribution >= 0.6 is 0 Å². The minimum absolute atomic E-state index is 0.0191. The molecule has 1 heterocycles. The lowest BCUT2D eigenvalue weighted by atomic mass is 9.99. The predicted octanol–water partition coefficient (Wildman–Crippen LogP) is 2.82. The van der Waals surface area contributed by atoms with Gasteiger partial charge in [0.15, 0.2) is 6.10 Å². The summed E-state index contributed by atoms with van der Waals surface area (Å²) in [5, 5.41) is 0. The van der Waals surface area contributed by atoms with E-state index in [2.05, 4.69) is 12.1 Å². The highest BCUT2D eigenvalue weighted by atomic mass is 32.2. The van der Waals surface area contributed by atoms with Gasteiger partial charge >= 0.3 is 0 Å². The van der Waals surface area contributed by atoms with Gasteiger partial charge < -0.3 is 9.64 Å². The van der Waals surface area contributed by atoms with Crippen molar-refractivity contribution in [2.45, 2.75) is 32.4 Å². The Morgan fingerprint density at radius 1 is 1.14 bits per heavy atom. The van der Waals surface area contributed by atoms with Gasteiger partial charge in [-0.05, 0) is 48.2 Å². The Morgan fingerprint density at radius 2 is 1.79 bits per heavy atom. The van der Waals surface area contributed by atoms with Crippen molar-refractivity contribution in [1.29, 1.82) is 0 Å². The maximum Gasteiger partial charge on any atom is 0.263 e. The van der Waals surface area contributed by atoms with Crippen LogP contribution in [0.1, 0.15) is 24.5 Å². The number of rotatable bonds is 6. The minimum atomic E-state index is -3.32. The number of carbonyl (C=O) groups excluding carboxylic acids is 1. The van der Waals surface area contributed by atoms with Crippen LogP contribution in [0.4, 0.5) is 5.69 Å². The van der Waals surface area contributed by atoms with Crippen LogP contribution in [-0.4, -0.2) is 45.2 Å². The summed E-state index contributed by atoms with van der Waals surface area (Å²) in [6.45, 7) is 3.22. The van der Waals surface area contributed by atoms with Crippen molar-refractivity contribution >= 4 is 21.6 Å². The highest BCUT2D eigenvalue weighted by Crippen LogP contribution is 2.24. The zero-order chi connectivity index (χ0) is 20.3. The monoisotopic (exact) mass is 402 g/mol. The van der Waals surface area contributed by atoms with Gasteiger partial charge in [0.2, 0.25) is 10.0 Å². The van der Waals surface area contributed by atoms with Crippen molar-refractivity contribution in [2.75, 3.05) is 24.2 Å². The van der Waals surface area contributed by atoms with Gasteiger partial charge in [0.05, 0.1) is 11.9 Å². The highest BCUT2D eigenvalue weighted by molar-refractivity contribution is 7.92. The molecular weight excluding hydrogens is 376 g/mol. The molecule has 28 heavy (non-hydrogen) atoms. The number of carbonyl (C=O) groups is 1. The molecule has 6 nitrogen and oxygen atoms in total. The van der Waals surface area contributed by atoms with E-state index in [-0.39, 0.29) is 5.91 Å². The first kappa shape index (κ1) is 20.2. The van der Waals surface area contributed by atoms with Gasteiger partial charge in [-0.15, -0.1) is 0 Å². The van der Waals surface area contributed by atoms with Gasteiger partial charge in [-0.25, -0.2) is 8.42 Å². The molecule has 0 fully saturated rings. The van der Waals surface area contributed by atoms with Crippen LogP contribution in [0.2, 0.25) is 0 Å². The van der Waals surface area contributed by atoms with Gasteiger partial charge in [0.1, 0.15) is 5.75 Å². The normalized spacial score (nSPS) is 14.9. The fourth-order valence-corrected chi connectivity index (χ4v) is 3.79. The summed E-state index contributed by atoms with van der Waals surface area (Å²) in [6, 6.07) is 14.9. The van der Waals surface area contributed by atoms with E-state index in [4.69, 9.17) is 4.74 Å². The third kappa shape index (κ3) is 4.47. The second kappa shape index (κ2) is 8.22. The van der Waals surface area contributed by atoms with E-state index in [1.807, 2.05) is 24.0 Å². The topological polar surface area (TPSA) is 66.9 Å². The average Bonchev–Trinajstić information content (AvgIpc) is 2.70. The van der Waals surface area contributed by atoms with Crippen LogP contribution in [0.3, 0.4) is 0 Å². The number of amides is 1. The minimum Gasteiger partial charge on any atom is -0.481 e. The summed E-state index contributed by atoms with van der Waals surface area (Å²) < 4.78 is 30.4. The molecule has 0 saturated carbocycles. The molecule has 0 saturated heterocycles. The standard InChI is InChI=1S/C21H26N2O4S/c1-4-20(21(24)23-14-13-16-7-5-6-8-17(16)15-23)27-19-11-9-18(10-12-19)22(2)28(3,25)26/h5-12,20H,4,13-15H2,1-3H3/t20-/m1/s1. The van der Waals surface area contributed by atoms with Gasteiger partial charge in [-0.1, -0.05) is 31.2 Å². The first-order valence-corrected chi connectivity index (χ1v) is 11.2. The van der Waals surface area contributed by atoms with Gasteiger partial charge in [0.25, 0.3) is 5.91 Å². The van der Waals surface area contributed by atoms with Gasteiger partial charge in [-0.3, -0.25) is 9.10 Å². The third-order valence-electron chi connectivity index (χ3n) is 5.06. The van der Waals surface area contributed by atoms with Crippen molar-refractivity contribution in [3.05, 3.63) is 59.7 Å². The number of benzene rings is 2. The quantitative estimate of drug-likeness (QED) is 0.745. The summed E-state index contributed by atoms with van der Waals surface area (Å²) in [5.41, 5.74) is 3.03. The molecule has 1 atom stereocenters. The fraction of sp³-hybridized carbons (Fsp3) is 0.381. The molecule has 0 radical (unpaired) electrons. The predicted molar refractivity (Wildman–Crippen MR) is 110 cm³/mol. The maximum absolute atomic E-state index is 13.0. The van der Waals surface area contributed by atoms with Crippen LogP contribution in [0.15, 0.2) is 48.5 Å². The molecule has 3 rings (SSSR count). The Bertz CT molecular complexity index is 941. The summed E-state index contributed by atoms with van der Waals surface area (Å²) in [6.07, 6.45) is 2.00. The Morgan fingerprint density at radius 3 is 2.39 bits per heavy atom. The first-order chi connectivity index (χ1) is 13.3. The van der Waals surface area contributed by atoms with Crippen molar-refractivity contribution in [3.8, 4) is 5.75 Å². The summed E-state index contributed by atoms with van der Waals surface area (Å²) >= 11 is 0. The number of ether oxygens (including phenoxy) is 1. The molecule has 0 bridgehead atoms. The van der Waals surface area contributed by atoms with Crippen LogP contribution in [0.25, 0.3) is 0 Å². The van der Waals surface area contributed by atoms with Gasteiger partial charge in [0, 0.05) is 20.1 Å².